The molecule has 0 saturated carbocycles. The van der Waals surface area contributed by atoms with Crippen LogP contribution in [-0.4, -0.2) is 29.3 Å². The molecule has 0 fully saturated rings. The first-order chi connectivity index (χ1) is 13.5. The van der Waals surface area contributed by atoms with E-state index in [1.54, 1.807) is 17.5 Å². The Morgan fingerprint density at radius 3 is 2.57 bits per heavy atom. The maximum atomic E-state index is 11.9. The highest BCUT2D eigenvalue weighted by Crippen LogP contribution is 2.25. The molecule has 0 saturated heterocycles. The molecule has 28 heavy (non-hydrogen) atoms. The van der Waals surface area contributed by atoms with Gasteiger partial charge >= 0.3 is 5.97 Å². The standard InChI is InChI=1S/C20H18N2O4S2/c1-13-4-6-14(7-5-13)15-12-28-20(21-15)22-18(24)11-26-19(25)9-8-16(23)17-3-2-10-27-17/h2-7,10,12H,8-9,11H2,1H3,(H,21,22,24). The fourth-order valence-corrected chi connectivity index (χ4v) is 3.77. The van der Waals surface area contributed by atoms with Crippen molar-refractivity contribution in [3.63, 3.8) is 0 Å². The predicted octanol–water partition coefficient (Wildman–Crippen LogP) is 4.32. The Hall–Kier alpha value is -2.84. The molecule has 3 aromatic rings. The molecule has 0 aliphatic carbocycles. The smallest absolute Gasteiger partial charge is 0.306 e. The molecule has 0 aliphatic heterocycles. The van der Waals surface area contributed by atoms with Gasteiger partial charge in [-0.05, 0) is 18.4 Å². The number of hydrogen-bond donors (Lipinski definition) is 1. The van der Waals surface area contributed by atoms with Gasteiger partial charge in [0.15, 0.2) is 17.5 Å². The Morgan fingerprint density at radius 2 is 1.86 bits per heavy atom. The third kappa shape index (κ3) is 5.58. The van der Waals surface area contributed by atoms with Crippen molar-refractivity contribution in [2.75, 3.05) is 11.9 Å². The number of ether oxygens (including phenoxy) is 1. The van der Waals surface area contributed by atoms with Crippen LogP contribution in [0.3, 0.4) is 0 Å². The molecule has 2 heterocycles. The lowest BCUT2D eigenvalue weighted by Crippen LogP contribution is -2.21. The van der Waals surface area contributed by atoms with Crippen molar-refractivity contribution < 1.29 is 19.1 Å². The second-order valence-corrected chi connectivity index (χ2v) is 7.82. The molecule has 3 rings (SSSR count). The van der Waals surface area contributed by atoms with E-state index >= 15 is 0 Å². The number of nitrogens with zero attached hydrogens (tertiary/aromatic N) is 1. The summed E-state index contributed by atoms with van der Waals surface area (Å²) in [6, 6.07) is 11.4. The summed E-state index contributed by atoms with van der Waals surface area (Å²) in [6.45, 7) is 1.60. The van der Waals surface area contributed by atoms with Crippen molar-refractivity contribution in [3.8, 4) is 11.3 Å². The maximum Gasteiger partial charge on any atom is 0.306 e. The normalized spacial score (nSPS) is 10.5. The van der Waals surface area contributed by atoms with Crippen LogP contribution in [0.2, 0.25) is 0 Å². The van der Waals surface area contributed by atoms with Crippen LogP contribution >= 0.6 is 22.7 Å². The zero-order chi connectivity index (χ0) is 19.9. The quantitative estimate of drug-likeness (QED) is 0.438. The molecule has 1 aromatic carbocycles. The van der Waals surface area contributed by atoms with Crippen molar-refractivity contribution in [1.82, 2.24) is 4.98 Å². The minimum absolute atomic E-state index is 0.0567. The van der Waals surface area contributed by atoms with Gasteiger partial charge in [0.1, 0.15) is 0 Å². The van der Waals surface area contributed by atoms with Crippen molar-refractivity contribution in [2.24, 2.45) is 0 Å². The Labute approximate surface area is 170 Å². The molecule has 1 amide bonds. The predicted molar refractivity (Wildman–Crippen MR) is 110 cm³/mol. The van der Waals surface area contributed by atoms with E-state index in [4.69, 9.17) is 4.74 Å². The highest BCUT2D eigenvalue weighted by Gasteiger charge is 2.13. The first kappa shape index (κ1) is 19.9. The lowest BCUT2D eigenvalue weighted by atomic mass is 10.1. The average molecular weight is 415 g/mol. The molecule has 0 spiro atoms. The van der Waals surface area contributed by atoms with Crippen LogP contribution < -0.4 is 5.32 Å². The monoisotopic (exact) mass is 414 g/mol. The molecular weight excluding hydrogens is 396 g/mol. The highest BCUT2D eigenvalue weighted by molar-refractivity contribution is 7.14. The number of rotatable bonds is 8. The van der Waals surface area contributed by atoms with Gasteiger partial charge in [0.05, 0.1) is 17.0 Å². The molecule has 2 aromatic heterocycles. The minimum Gasteiger partial charge on any atom is -0.456 e. The van der Waals surface area contributed by atoms with E-state index in [1.165, 1.54) is 22.7 Å². The lowest BCUT2D eigenvalue weighted by molar-refractivity contribution is -0.147. The van der Waals surface area contributed by atoms with Crippen LogP contribution in [0, 0.1) is 6.92 Å². The Bertz CT molecular complexity index is 963. The summed E-state index contributed by atoms with van der Waals surface area (Å²) in [5.74, 6) is -1.16. The number of hydrogen-bond acceptors (Lipinski definition) is 7. The molecule has 0 atom stereocenters. The number of esters is 1. The van der Waals surface area contributed by atoms with E-state index in [9.17, 15) is 14.4 Å². The molecule has 0 radical (unpaired) electrons. The molecule has 0 unspecified atom stereocenters. The van der Waals surface area contributed by atoms with Crippen LogP contribution in [0.1, 0.15) is 28.1 Å². The van der Waals surface area contributed by atoms with E-state index in [0.717, 1.165) is 16.8 Å². The number of carbonyl (C=O) groups is 3. The van der Waals surface area contributed by atoms with Gasteiger partial charge < -0.3 is 4.74 Å². The van der Waals surface area contributed by atoms with E-state index < -0.39 is 18.5 Å². The van der Waals surface area contributed by atoms with Crippen LogP contribution in [0.15, 0.2) is 47.2 Å². The molecular formula is C20H18N2O4S2. The van der Waals surface area contributed by atoms with Crippen LogP contribution in [-0.2, 0) is 14.3 Å². The molecule has 8 heteroatoms. The third-order valence-corrected chi connectivity index (χ3v) is 5.48. The van der Waals surface area contributed by atoms with Crippen LogP contribution in [0.25, 0.3) is 11.3 Å². The summed E-state index contributed by atoms with van der Waals surface area (Å²) >= 11 is 2.63. The Balaban J connectivity index is 1.42. The number of thiazole rings is 1. The van der Waals surface area contributed by atoms with Crippen LogP contribution in [0.4, 0.5) is 5.13 Å². The molecule has 144 valence electrons. The fraction of sp³-hybridized carbons (Fsp3) is 0.200. The van der Waals surface area contributed by atoms with Gasteiger partial charge in [-0.15, -0.1) is 22.7 Å². The SMILES string of the molecule is Cc1ccc(-c2csc(NC(=O)COC(=O)CCC(=O)c3cccs3)n2)cc1. The molecule has 0 bridgehead atoms. The number of aryl methyl sites for hydroxylation is 1. The number of ketones is 1. The number of benzene rings is 1. The van der Waals surface area contributed by atoms with E-state index in [-0.39, 0.29) is 18.6 Å². The second kappa shape index (κ2) is 9.38. The molecule has 0 aliphatic rings. The van der Waals surface area contributed by atoms with Gasteiger partial charge in [-0.3, -0.25) is 19.7 Å². The Kier molecular flexibility index (Phi) is 6.67. The summed E-state index contributed by atoms with van der Waals surface area (Å²) in [5.41, 5.74) is 2.89. The van der Waals surface area contributed by atoms with Crippen molar-refractivity contribution in [1.29, 1.82) is 0 Å². The molecule has 6 nitrogen and oxygen atoms in total. The number of Topliss-reactive ketones (excluding diaryl/α,β-unsaturated/α-hetero) is 1. The van der Waals surface area contributed by atoms with Crippen LogP contribution in [0.5, 0.6) is 0 Å². The summed E-state index contributed by atoms with van der Waals surface area (Å²) in [6.07, 6.45) is 0.00614. The van der Waals surface area contributed by atoms with Gasteiger partial charge in [0, 0.05) is 17.4 Å². The first-order valence-corrected chi connectivity index (χ1v) is 10.3. The van der Waals surface area contributed by atoms with Crippen molar-refractivity contribution in [3.05, 3.63) is 57.6 Å². The number of anilines is 1. The largest absolute Gasteiger partial charge is 0.456 e. The minimum atomic E-state index is -0.584. The van der Waals surface area contributed by atoms with E-state index in [2.05, 4.69) is 10.3 Å². The summed E-state index contributed by atoms with van der Waals surface area (Å²) in [5, 5.41) is 6.70. The summed E-state index contributed by atoms with van der Waals surface area (Å²) < 4.78 is 4.93. The van der Waals surface area contributed by atoms with Gasteiger partial charge in [-0.1, -0.05) is 35.9 Å². The topological polar surface area (TPSA) is 85.4 Å². The second-order valence-electron chi connectivity index (χ2n) is 6.01. The Morgan fingerprint density at radius 1 is 1.07 bits per heavy atom. The summed E-state index contributed by atoms with van der Waals surface area (Å²) in [7, 11) is 0. The number of thiophene rings is 1. The summed E-state index contributed by atoms with van der Waals surface area (Å²) in [4.78, 5) is 40.5. The maximum absolute atomic E-state index is 11.9. The average Bonchev–Trinajstić information content (AvgIpc) is 3.37. The first-order valence-electron chi connectivity index (χ1n) is 8.56. The van der Waals surface area contributed by atoms with Gasteiger partial charge in [-0.25, -0.2) is 4.98 Å². The number of nitrogens with one attached hydrogen (secondary N) is 1. The number of amides is 1. The third-order valence-electron chi connectivity index (χ3n) is 3.81. The number of aromatic nitrogens is 1. The number of carbonyl (C=O) groups excluding carboxylic acids is 3. The van der Waals surface area contributed by atoms with Gasteiger partial charge in [-0.2, -0.15) is 0 Å². The van der Waals surface area contributed by atoms with Crippen molar-refractivity contribution in [2.45, 2.75) is 19.8 Å². The highest BCUT2D eigenvalue weighted by atomic mass is 32.1. The van der Waals surface area contributed by atoms with Gasteiger partial charge in [0.2, 0.25) is 0 Å². The van der Waals surface area contributed by atoms with E-state index in [1.807, 2.05) is 36.6 Å². The fourth-order valence-electron chi connectivity index (χ4n) is 2.34. The lowest BCUT2D eigenvalue weighted by Gasteiger charge is -2.04. The zero-order valence-electron chi connectivity index (χ0n) is 15.1. The van der Waals surface area contributed by atoms with Crippen molar-refractivity contribution >= 4 is 45.5 Å². The van der Waals surface area contributed by atoms with E-state index in [0.29, 0.717) is 10.0 Å². The van der Waals surface area contributed by atoms with Gasteiger partial charge in [0.25, 0.3) is 5.91 Å². The zero-order valence-corrected chi connectivity index (χ0v) is 16.8. The molecule has 1 N–H and O–H groups in total.